The van der Waals surface area contributed by atoms with Gasteiger partial charge in [0.1, 0.15) is 0 Å². The number of hydrogen-bond acceptors (Lipinski definition) is 6. The first kappa shape index (κ1) is 15.6. The van der Waals surface area contributed by atoms with E-state index in [1.165, 1.54) is 19.4 Å². The number of benzene rings is 1. The molecule has 3 N–H and O–H groups in total. The zero-order valence-electron chi connectivity index (χ0n) is 10.9. The van der Waals surface area contributed by atoms with Crippen molar-refractivity contribution in [3.63, 3.8) is 0 Å². The largest absolute Gasteiger partial charge is 0.504 e. The summed E-state index contributed by atoms with van der Waals surface area (Å²) in [6.45, 7) is 2.51. The minimum Gasteiger partial charge on any atom is -0.504 e. The highest BCUT2D eigenvalue weighted by molar-refractivity contribution is 7.80. The summed E-state index contributed by atoms with van der Waals surface area (Å²) in [6, 6.07) is 2.31. The molecule has 1 aromatic carbocycles. The van der Waals surface area contributed by atoms with Crippen LogP contribution in [-0.4, -0.2) is 35.0 Å². The maximum absolute atomic E-state index is 10.8. The van der Waals surface area contributed by atoms with Gasteiger partial charge in [-0.1, -0.05) is 0 Å². The maximum atomic E-state index is 10.8. The number of methoxy groups -OCH3 is 1. The number of hydrazone groups is 1. The van der Waals surface area contributed by atoms with Crippen molar-refractivity contribution in [1.29, 1.82) is 0 Å². The van der Waals surface area contributed by atoms with Crippen LogP contribution in [-0.2, 0) is 0 Å². The molecule has 0 radical (unpaired) electrons. The van der Waals surface area contributed by atoms with Crippen LogP contribution in [0.4, 0.5) is 5.69 Å². The minimum absolute atomic E-state index is 0.00471. The summed E-state index contributed by atoms with van der Waals surface area (Å²) in [4.78, 5) is 10.2. The van der Waals surface area contributed by atoms with Gasteiger partial charge in [-0.05, 0) is 19.1 Å². The molecule has 0 unspecified atom stereocenters. The predicted octanol–water partition coefficient (Wildman–Crippen LogP) is 1.13. The third-order valence-corrected chi connectivity index (χ3v) is 2.46. The van der Waals surface area contributed by atoms with Gasteiger partial charge >= 0.3 is 0 Å². The van der Waals surface area contributed by atoms with Gasteiger partial charge in [-0.2, -0.15) is 5.10 Å². The second-order valence-corrected chi connectivity index (χ2v) is 3.98. The second-order valence-electron chi connectivity index (χ2n) is 3.57. The Morgan fingerprint density at radius 1 is 1.65 bits per heavy atom. The van der Waals surface area contributed by atoms with Crippen molar-refractivity contribution in [2.24, 2.45) is 5.10 Å². The highest BCUT2D eigenvalue weighted by Crippen LogP contribution is 2.33. The fourth-order valence-corrected chi connectivity index (χ4v) is 1.53. The van der Waals surface area contributed by atoms with Crippen LogP contribution in [0.5, 0.6) is 11.5 Å². The summed E-state index contributed by atoms with van der Waals surface area (Å²) < 4.78 is 4.87. The predicted molar refractivity (Wildman–Crippen MR) is 78.3 cm³/mol. The van der Waals surface area contributed by atoms with E-state index in [-0.39, 0.29) is 22.7 Å². The van der Waals surface area contributed by atoms with E-state index in [1.807, 2.05) is 6.92 Å². The minimum atomic E-state index is -0.587. The Kier molecular flexibility index (Phi) is 5.66. The number of nitro groups is 1. The molecule has 0 saturated heterocycles. The lowest BCUT2D eigenvalue weighted by molar-refractivity contribution is -0.385. The van der Waals surface area contributed by atoms with Crippen molar-refractivity contribution in [3.05, 3.63) is 27.8 Å². The Balaban J connectivity index is 2.98. The van der Waals surface area contributed by atoms with Gasteiger partial charge in [-0.3, -0.25) is 15.5 Å². The Labute approximate surface area is 120 Å². The number of phenolic OH excluding ortho intramolecular Hbond substituents is 1. The fourth-order valence-electron chi connectivity index (χ4n) is 1.33. The number of nitrogens with one attached hydrogen (secondary N) is 2. The molecule has 108 valence electrons. The molecular formula is C11H14N4O4S. The molecule has 0 heterocycles. The molecule has 0 aliphatic rings. The van der Waals surface area contributed by atoms with Crippen molar-refractivity contribution in [1.82, 2.24) is 10.7 Å². The first-order valence-corrected chi connectivity index (χ1v) is 6.02. The third kappa shape index (κ3) is 4.05. The van der Waals surface area contributed by atoms with E-state index in [0.717, 1.165) is 6.07 Å². The molecule has 0 spiro atoms. The average molecular weight is 298 g/mol. The van der Waals surface area contributed by atoms with Crippen molar-refractivity contribution < 1.29 is 14.8 Å². The van der Waals surface area contributed by atoms with Crippen LogP contribution in [0.1, 0.15) is 12.5 Å². The van der Waals surface area contributed by atoms with Crippen LogP contribution in [0.25, 0.3) is 0 Å². The number of non-ortho nitro benzene ring substituents is 1. The monoisotopic (exact) mass is 298 g/mol. The summed E-state index contributed by atoms with van der Waals surface area (Å²) in [7, 11) is 1.30. The highest BCUT2D eigenvalue weighted by atomic mass is 32.1. The Hall–Kier alpha value is -2.42. The van der Waals surface area contributed by atoms with Crippen molar-refractivity contribution in [3.8, 4) is 11.5 Å². The highest BCUT2D eigenvalue weighted by Gasteiger charge is 2.15. The first-order valence-electron chi connectivity index (χ1n) is 5.61. The number of nitrogens with zero attached hydrogens (tertiary/aromatic N) is 2. The van der Waals surface area contributed by atoms with E-state index >= 15 is 0 Å². The van der Waals surface area contributed by atoms with Gasteiger partial charge in [0.2, 0.25) is 0 Å². The summed E-state index contributed by atoms with van der Waals surface area (Å²) in [5.41, 5.74) is 2.44. The van der Waals surface area contributed by atoms with Gasteiger partial charge in [-0.15, -0.1) is 0 Å². The van der Waals surface area contributed by atoms with E-state index in [1.54, 1.807) is 0 Å². The molecule has 0 aliphatic heterocycles. The molecule has 9 heteroatoms. The lowest BCUT2D eigenvalue weighted by Gasteiger charge is -2.06. The fraction of sp³-hybridized carbons (Fsp3) is 0.273. The summed E-state index contributed by atoms with van der Waals surface area (Å²) in [6.07, 6.45) is 1.22. The van der Waals surface area contributed by atoms with Crippen LogP contribution >= 0.6 is 12.2 Å². The molecule has 0 bridgehead atoms. The van der Waals surface area contributed by atoms with Crippen LogP contribution in [0.3, 0.4) is 0 Å². The Morgan fingerprint density at radius 2 is 2.35 bits per heavy atom. The van der Waals surface area contributed by atoms with E-state index in [4.69, 9.17) is 17.0 Å². The number of aromatic hydroxyl groups is 1. The standard InChI is InChI=1S/C11H14N4O4S/c1-3-12-11(20)14-13-6-7-4-8(15(17)18)5-9(19-2)10(7)16/h4-6,16H,3H2,1-2H3,(H2,12,14,20)/b13-6+. The van der Waals surface area contributed by atoms with Crippen molar-refractivity contribution in [2.45, 2.75) is 6.92 Å². The first-order chi connectivity index (χ1) is 9.49. The molecule has 0 fully saturated rings. The van der Waals surface area contributed by atoms with Gasteiger partial charge in [0.25, 0.3) is 5.69 Å². The number of hydrogen-bond donors (Lipinski definition) is 3. The molecule has 20 heavy (non-hydrogen) atoms. The molecule has 0 aromatic heterocycles. The summed E-state index contributed by atoms with van der Waals surface area (Å²) in [5.74, 6) is -0.243. The molecule has 1 rings (SSSR count). The average Bonchev–Trinajstić information content (AvgIpc) is 2.40. The topological polar surface area (TPSA) is 109 Å². The second kappa shape index (κ2) is 7.24. The van der Waals surface area contributed by atoms with Gasteiger partial charge in [-0.25, -0.2) is 0 Å². The van der Waals surface area contributed by atoms with Gasteiger partial charge in [0.15, 0.2) is 16.6 Å². The molecule has 8 nitrogen and oxygen atoms in total. The molecular weight excluding hydrogens is 284 g/mol. The van der Waals surface area contributed by atoms with E-state index in [2.05, 4.69) is 15.8 Å². The van der Waals surface area contributed by atoms with Crippen LogP contribution < -0.4 is 15.5 Å². The normalized spacial score (nSPS) is 10.3. The number of nitro benzene ring substituents is 1. The molecule has 0 saturated carbocycles. The summed E-state index contributed by atoms with van der Waals surface area (Å²) >= 11 is 4.89. The number of ether oxygens (including phenoxy) is 1. The zero-order valence-corrected chi connectivity index (χ0v) is 11.7. The lowest BCUT2D eigenvalue weighted by atomic mass is 10.2. The van der Waals surface area contributed by atoms with E-state index < -0.39 is 4.92 Å². The number of rotatable bonds is 5. The van der Waals surface area contributed by atoms with Crippen molar-refractivity contribution in [2.75, 3.05) is 13.7 Å². The molecule has 1 aromatic rings. The number of phenols is 1. The molecule has 0 atom stereocenters. The van der Waals surface area contributed by atoms with Crippen molar-refractivity contribution >= 4 is 29.2 Å². The zero-order chi connectivity index (χ0) is 15.1. The SMILES string of the molecule is CCNC(=S)N/N=C/c1cc([N+](=O)[O-])cc(OC)c1O. The van der Waals surface area contributed by atoms with Gasteiger partial charge in [0.05, 0.1) is 24.3 Å². The van der Waals surface area contributed by atoms with Crippen LogP contribution in [0.15, 0.2) is 17.2 Å². The molecule has 0 amide bonds. The number of thiocarbonyl (C=S) groups is 1. The Morgan fingerprint density at radius 3 is 2.90 bits per heavy atom. The van der Waals surface area contributed by atoms with Crippen LogP contribution in [0.2, 0.25) is 0 Å². The summed E-state index contributed by atoms with van der Waals surface area (Å²) in [5, 5.41) is 27.5. The molecule has 0 aliphatic carbocycles. The Bertz CT molecular complexity index is 547. The van der Waals surface area contributed by atoms with Gasteiger partial charge in [0, 0.05) is 18.2 Å². The van der Waals surface area contributed by atoms with Crippen LogP contribution in [0, 0.1) is 10.1 Å². The third-order valence-electron chi connectivity index (χ3n) is 2.23. The maximum Gasteiger partial charge on any atom is 0.274 e. The smallest absolute Gasteiger partial charge is 0.274 e. The quantitative estimate of drug-likeness (QED) is 0.323. The van der Waals surface area contributed by atoms with Gasteiger partial charge < -0.3 is 15.2 Å². The van der Waals surface area contributed by atoms with E-state index in [9.17, 15) is 15.2 Å². The lowest BCUT2D eigenvalue weighted by Crippen LogP contribution is -2.31. The van der Waals surface area contributed by atoms with E-state index in [0.29, 0.717) is 11.7 Å².